The van der Waals surface area contributed by atoms with E-state index in [-0.39, 0.29) is 0 Å². The van der Waals surface area contributed by atoms with Gasteiger partial charge < -0.3 is 5.11 Å². The van der Waals surface area contributed by atoms with Gasteiger partial charge in [-0.25, -0.2) is 4.98 Å². The molecule has 4 heteroatoms. The minimum atomic E-state index is -0.404. The Bertz CT molecular complexity index is 776. The summed E-state index contributed by atoms with van der Waals surface area (Å²) in [5.41, 5.74) is 1.79. The molecule has 100 valence electrons. The monoisotopic (exact) mass is 282 g/mol. The topological polar surface area (TPSA) is 46.0 Å². The Hall–Kier alpha value is -1.78. The predicted molar refractivity (Wildman–Crippen MR) is 80.7 cm³/mol. The van der Waals surface area contributed by atoms with Gasteiger partial charge in [-0.15, -0.1) is 11.3 Å². The van der Waals surface area contributed by atoms with Crippen molar-refractivity contribution in [2.75, 3.05) is 0 Å². The summed E-state index contributed by atoms with van der Waals surface area (Å²) in [5, 5.41) is 13.3. The van der Waals surface area contributed by atoms with E-state index in [9.17, 15) is 5.11 Å². The van der Waals surface area contributed by atoms with E-state index < -0.39 is 6.10 Å². The second-order valence-corrected chi connectivity index (χ2v) is 6.20. The fourth-order valence-corrected chi connectivity index (χ4v) is 3.96. The number of hydrogen-bond acceptors (Lipinski definition) is 4. The van der Waals surface area contributed by atoms with Crippen LogP contribution in [0.15, 0.2) is 36.5 Å². The van der Waals surface area contributed by atoms with Gasteiger partial charge in [0.1, 0.15) is 10.7 Å². The van der Waals surface area contributed by atoms with E-state index in [1.54, 1.807) is 11.3 Å². The van der Waals surface area contributed by atoms with Crippen LogP contribution in [-0.4, -0.2) is 15.1 Å². The Balaban J connectivity index is 1.92. The van der Waals surface area contributed by atoms with Crippen molar-refractivity contribution >= 4 is 22.1 Å². The first kappa shape index (κ1) is 12.0. The molecule has 3 nitrogen and oxygen atoms in total. The molecular weight excluding hydrogens is 268 g/mol. The van der Waals surface area contributed by atoms with Gasteiger partial charge in [-0.05, 0) is 30.7 Å². The molecule has 1 aliphatic rings. The van der Waals surface area contributed by atoms with Crippen molar-refractivity contribution < 1.29 is 5.11 Å². The second kappa shape index (κ2) is 4.65. The van der Waals surface area contributed by atoms with Crippen molar-refractivity contribution in [3.8, 4) is 10.7 Å². The fourth-order valence-electron chi connectivity index (χ4n) is 2.79. The number of benzene rings is 1. The van der Waals surface area contributed by atoms with E-state index in [1.807, 2.05) is 24.4 Å². The number of nitrogens with zero attached hydrogens (tertiary/aromatic N) is 2. The van der Waals surface area contributed by atoms with Gasteiger partial charge in [0.2, 0.25) is 0 Å². The van der Waals surface area contributed by atoms with Gasteiger partial charge in [-0.3, -0.25) is 4.98 Å². The number of aryl methyl sites for hydroxylation is 1. The highest BCUT2D eigenvalue weighted by atomic mass is 32.1. The Morgan fingerprint density at radius 3 is 3.00 bits per heavy atom. The van der Waals surface area contributed by atoms with E-state index in [4.69, 9.17) is 0 Å². The van der Waals surface area contributed by atoms with Crippen molar-refractivity contribution in [2.24, 2.45) is 0 Å². The van der Waals surface area contributed by atoms with Crippen LogP contribution in [0.25, 0.3) is 21.5 Å². The van der Waals surface area contributed by atoms with Crippen LogP contribution in [0, 0.1) is 0 Å². The van der Waals surface area contributed by atoms with Crippen molar-refractivity contribution in [1.82, 2.24) is 9.97 Å². The van der Waals surface area contributed by atoms with Gasteiger partial charge in [0.15, 0.2) is 0 Å². The maximum absolute atomic E-state index is 10.1. The second-order valence-electron chi connectivity index (χ2n) is 5.12. The number of pyridine rings is 1. The number of rotatable bonds is 1. The minimum absolute atomic E-state index is 0.404. The largest absolute Gasteiger partial charge is 0.387 e. The van der Waals surface area contributed by atoms with Crippen LogP contribution in [-0.2, 0) is 6.42 Å². The minimum Gasteiger partial charge on any atom is -0.387 e. The molecule has 0 amide bonds. The molecule has 0 fully saturated rings. The summed E-state index contributed by atoms with van der Waals surface area (Å²) < 4.78 is 0. The molecule has 0 radical (unpaired) electrons. The van der Waals surface area contributed by atoms with E-state index >= 15 is 0 Å². The van der Waals surface area contributed by atoms with E-state index in [1.165, 1.54) is 10.3 Å². The number of aromatic nitrogens is 2. The molecule has 0 saturated heterocycles. The van der Waals surface area contributed by atoms with Crippen LogP contribution in [0.5, 0.6) is 0 Å². The fraction of sp³-hybridized carbons (Fsp3) is 0.250. The summed E-state index contributed by atoms with van der Waals surface area (Å²) in [4.78, 5) is 10.4. The van der Waals surface area contributed by atoms with Gasteiger partial charge in [-0.2, -0.15) is 0 Å². The summed E-state index contributed by atoms with van der Waals surface area (Å²) >= 11 is 1.67. The summed E-state index contributed by atoms with van der Waals surface area (Å²) in [6, 6.07) is 10.2. The van der Waals surface area contributed by atoms with Gasteiger partial charge in [0, 0.05) is 16.5 Å². The average Bonchev–Trinajstić information content (AvgIpc) is 2.92. The normalized spacial score (nSPS) is 18.1. The van der Waals surface area contributed by atoms with E-state index in [2.05, 4.69) is 22.1 Å². The van der Waals surface area contributed by atoms with Crippen LogP contribution in [0.2, 0.25) is 0 Å². The molecular formula is C16H14N2OS. The third-order valence-corrected chi connectivity index (χ3v) is 4.94. The van der Waals surface area contributed by atoms with Crippen LogP contribution in [0.4, 0.5) is 0 Å². The molecule has 4 rings (SSSR count). The lowest BCUT2D eigenvalue weighted by molar-refractivity contribution is 0.153. The molecule has 0 spiro atoms. The zero-order valence-corrected chi connectivity index (χ0v) is 11.7. The van der Waals surface area contributed by atoms with Gasteiger partial charge in [0.25, 0.3) is 0 Å². The summed E-state index contributed by atoms with van der Waals surface area (Å²) in [7, 11) is 0. The maximum atomic E-state index is 10.1. The standard InChI is InChI=1S/C16H14N2OS/c19-12-6-3-7-13-15(12)18-16(20-13)14-11-5-2-1-4-10(11)8-9-17-14/h1-2,4-5,8-9,12,19H,3,6-7H2. The maximum Gasteiger partial charge on any atom is 0.143 e. The first-order valence-corrected chi connectivity index (χ1v) is 7.66. The quantitative estimate of drug-likeness (QED) is 0.739. The number of aliphatic hydroxyl groups is 1. The van der Waals surface area contributed by atoms with Crippen LogP contribution < -0.4 is 0 Å². The molecule has 0 aliphatic heterocycles. The lowest BCUT2D eigenvalue weighted by Crippen LogP contribution is -2.07. The van der Waals surface area contributed by atoms with Gasteiger partial charge >= 0.3 is 0 Å². The van der Waals surface area contributed by atoms with E-state index in [0.717, 1.165) is 41.0 Å². The van der Waals surface area contributed by atoms with Crippen molar-refractivity contribution in [3.63, 3.8) is 0 Å². The summed E-state index contributed by atoms with van der Waals surface area (Å²) in [6.45, 7) is 0. The Morgan fingerprint density at radius 1 is 1.20 bits per heavy atom. The molecule has 2 heterocycles. The lowest BCUT2D eigenvalue weighted by Gasteiger charge is -2.14. The highest BCUT2D eigenvalue weighted by molar-refractivity contribution is 7.15. The number of thiazole rings is 1. The molecule has 1 atom stereocenters. The number of hydrogen-bond donors (Lipinski definition) is 1. The molecule has 1 aromatic carbocycles. The summed E-state index contributed by atoms with van der Waals surface area (Å²) in [6.07, 6.45) is 4.31. The van der Waals surface area contributed by atoms with Crippen LogP contribution >= 0.6 is 11.3 Å². The molecule has 20 heavy (non-hydrogen) atoms. The number of fused-ring (bicyclic) bond motifs is 2. The first-order valence-electron chi connectivity index (χ1n) is 6.85. The lowest BCUT2D eigenvalue weighted by atomic mass is 10.0. The Morgan fingerprint density at radius 2 is 2.10 bits per heavy atom. The Labute approximate surface area is 120 Å². The third-order valence-electron chi connectivity index (χ3n) is 3.80. The van der Waals surface area contributed by atoms with Crippen molar-refractivity contribution in [2.45, 2.75) is 25.4 Å². The molecule has 2 aromatic heterocycles. The Kier molecular flexibility index (Phi) is 2.79. The van der Waals surface area contributed by atoms with Gasteiger partial charge in [0.05, 0.1) is 11.8 Å². The van der Waals surface area contributed by atoms with Crippen molar-refractivity contribution in [3.05, 3.63) is 47.1 Å². The highest BCUT2D eigenvalue weighted by Gasteiger charge is 2.24. The average molecular weight is 282 g/mol. The smallest absolute Gasteiger partial charge is 0.143 e. The highest BCUT2D eigenvalue weighted by Crippen LogP contribution is 2.38. The SMILES string of the molecule is OC1CCCc2sc(-c3nccc4ccccc34)nc21. The third kappa shape index (κ3) is 1.84. The zero-order valence-electron chi connectivity index (χ0n) is 10.9. The first-order chi connectivity index (χ1) is 9.83. The molecule has 0 bridgehead atoms. The number of aliphatic hydroxyl groups excluding tert-OH is 1. The molecule has 1 N–H and O–H groups in total. The van der Waals surface area contributed by atoms with Gasteiger partial charge in [-0.1, -0.05) is 24.3 Å². The molecule has 1 aliphatic carbocycles. The molecule has 0 saturated carbocycles. The van der Waals surface area contributed by atoms with Crippen LogP contribution in [0.3, 0.4) is 0 Å². The predicted octanol–water partition coefficient (Wildman–Crippen LogP) is 3.73. The molecule has 1 unspecified atom stereocenters. The molecule has 3 aromatic rings. The summed E-state index contributed by atoms with van der Waals surface area (Å²) in [5.74, 6) is 0. The zero-order chi connectivity index (χ0) is 13.5. The van der Waals surface area contributed by atoms with E-state index in [0.29, 0.717) is 0 Å². The van der Waals surface area contributed by atoms with Crippen molar-refractivity contribution in [1.29, 1.82) is 0 Å². The van der Waals surface area contributed by atoms with Crippen LogP contribution in [0.1, 0.15) is 29.5 Å².